The van der Waals surface area contributed by atoms with Gasteiger partial charge in [0.05, 0.1) is 5.54 Å². The number of rotatable bonds is 6. The smallest absolute Gasteiger partial charge is 0.321 e. The molecule has 2 saturated carbocycles. The summed E-state index contributed by atoms with van der Waals surface area (Å²) < 4.78 is 0. The molecule has 1 N–H and O–H groups in total. The molecular formula is C24H36N4O2. The molecule has 1 heterocycles. The molecule has 0 unspecified atom stereocenters. The second-order valence-electron chi connectivity index (χ2n) is 9.74. The Kier molecular flexibility index (Phi) is 5.80. The van der Waals surface area contributed by atoms with Gasteiger partial charge in [-0.2, -0.15) is 0 Å². The standard InChI is InChI=1S/C24H36N4O2/c1-25-21(29)17-27-18-23(28(22(27)30)16-19-8-7-9-19)12-14-24(15-13-23,26(2)3)20-10-5-4-6-11-20/h4-6,10-11,19H,7-9,12-18H2,1-3H3,(H,25,29)/t23-,24-. The Morgan fingerprint density at radius 2 is 1.80 bits per heavy atom. The first-order chi connectivity index (χ1) is 14.4. The average molecular weight is 413 g/mol. The van der Waals surface area contributed by atoms with Crippen LogP contribution < -0.4 is 5.32 Å². The molecule has 4 rings (SSSR count). The maximum absolute atomic E-state index is 13.3. The van der Waals surface area contributed by atoms with Crippen LogP contribution in [0.4, 0.5) is 4.79 Å². The van der Waals surface area contributed by atoms with Gasteiger partial charge in [-0.05, 0) is 64.1 Å². The summed E-state index contributed by atoms with van der Waals surface area (Å²) >= 11 is 0. The molecule has 1 spiro atoms. The molecule has 2 aliphatic carbocycles. The molecule has 3 aliphatic rings. The number of urea groups is 1. The number of hydrogen-bond acceptors (Lipinski definition) is 3. The Morgan fingerprint density at radius 3 is 2.33 bits per heavy atom. The quantitative estimate of drug-likeness (QED) is 0.781. The fourth-order valence-corrected chi connectivity index (χ4v) is 5.76. The highest BCUT2D eigenvalue weighted by molar-refractivity contribution is 5.85. The molecular weight excluding hydrogens is 376 g/mol. The fraction of sp³-hybridized carbons (Fsp3) is 0.667. The van der Waals surface area contributed by atoms with Crippen molar-refractivity contribution >= 4 is 11.9 Å². The number of benzene rings is 1. The fourth-order valence-electron chi connectivity index (χ4n) is 5.76. The summed E-state index contributed by atoms with van der Waals surface area (Å²) in [6, 6.07) is 10.9. The zero-order chi connectivity index (χ0) is 21.4. The van der Waals surface area contributed by atoms with Crippen LogP contribution in [0, 0.1) is 5.92 Å². The number of likely N-dealkylation sites (N-methyl/N-ethyl adjacent to an activating group) is 1. The zero-order valence-corrected chi connectivity index (χ0v) is 18.7. The first-order valence-electron chi connectivity index (χ1n) is 11.4. The van der Waals surface area contributed by atoms with Crippen LogP contribution in [0.1, 0.15) is 50.5 Å². The number of hydrogen-bond donors (Lipinski definition) is 1. The van der Waals surface area contributed by atoms with Crippen LogP contribution in [-0.4, -0.2) is 73.0 Å². The van der Waals surface area contributed by atoms with Gasteiger partial charge >= 0.3 is 6.03 Å². The Bertz CT molecular complexity index is 767. The van der Waals surface area contributed by atoms with Gasteiger partial charge < -0.3 is 15.1 Å². The van der Waals surface area contributed by atoms with Gasteiger partial charge in [-0.25, -0.2) is 4.79 Å². The highest BCUT2D eigenvalue weighted by Crippen LogP contribution is 2.49. The van der Waals surface area contributed by atoms with Crippen LogP contribution in [0.2, 0.25) is 0 Å². The second-order valence-corrected chi connectivity index (χ2v) is 9.74. The van der Waals surface area contributed by atoms with E-state index >= 15 is 0 Å². The predicted molar refractivity (Wildman–Crippen MR) is 118 cm³/mol. The van der Waals surface area contributed by atoms with Gasteiger partial charge in [-0.1, -0.05) is 36.8 Å². The molecule has 0 atom stereocenters. The lowest BCUT2D eigenvalue weighted by Crippen LogP contribution is -2.56. The number of amides is 3. The van der Waals surface area contributed by atoms with Crippen molar-refractivity contribution in [1.29, 1.82) is 0 Å². The van der Waals surface area contributed by atoms with Gasteiger partial charge in [0.25, 0.3) is 0 Å². The van der Waals surface area contributed by atoms with E-state index in [1.165, 1.54) is 24.8 Å². The van der Waals surface area contributed by atoms with Gasteiger partial charge in [0, 0.05) is 25.7 Å². The van der Waals surface area contributed by atoms with Crippen LogP contribution in [0.5, 0.6) is 0 Å². The van der Waals surface area contributed by atoms with E-state index < -0.39 is 0 Å². The molecule has 0 bridgehead atoms. The molecule has 1 aromatic rings. The highest BCUT2D eigenvalue weighted by Gasteiger charge is 2.55. The lowest BCUT2D eigenvalue weighted by atomic mass is 9.68. The minimum atomic E-state index is -0.144. The van der Waals surface area contributed by atoms with Gasteiger partial charge in [0.15, 0.2) is 0 Å². The summed E-state index contributed by atoms with van der Waals surface area (Å²) in [6.07, 6.45) is 7.71. The van der Waals surface area contributed by atoms with Crippen molar-refractivity contribution in [2.45, 2.75) is 56.0 Å². The Morgan fingerprint density at radius 1 is 1.13 bits per heavy atom. The van der Waals surface area contributed by atoms with Crippen molar-refractivity contribution in [2.24, 2.45) is 5.92 Å². The van der Waals surface area contributed by atoms with Gasteiger partial charge in [0.1, 0.15) is 6.54 Å². The van der Waals surface area contributed by atoms with Crippen LogP contribution >= 0.6 is 0 Å². The molecule has 30 heavy (non-hydrogen) atoms. The summed E-state index contributed by atoms with van der Waals surface area (Å²) in [7, 11) is 5.99. The minimum Gasteiger partial charge on any atom is -0.358 e. The van der Waals surface area contributed by atoms with Gasteiger partial charge in [-0.15, -0.1) is 0 Å². The molecule has 1 aromatic carbocycles. The topological polar surface area (TPSA) is 55.9 Å². The zero-order valence-electron chi connectivity index (χ0n) is 18.7. The largest absolute Gasteiger partial charge is 0.358 e. The summed E-state index contributed by atoms with van der Waals surface area (Å²) in [5.74, 6) is 0.534. The van der Waals surface area contributed by atoms with Crippen molar-refractivity contribution in [3.63, 3.8) is 0 Å². The van der Waals surface area contributed by atoms with Gasteiger partial charge in [-0.3, -0.25) is 9.69 Å². The van der Waals surface area contributed by atoms with Crippen LogP contribution in [0.15, 0.2) is 30.3 Å². The number of carbonyl (C=O) groups is 2. The summed E-state index contributed by atoms with van der Waals surface area (Å²) in [5.41, 5.74) is 1.22. The van der Waals surface area contributed by atoms with Crippen molar-refractivity contribution < 1.29 is 9.59 Å². The van der Waals surface area contributed by atoms with E-state index in [1.807, 2.05) is 0 Å². The molecule has 0 radical (unpaired) electrons. The molecule has 164 valence electrons. The normalized spacial score (nSPS) is 29.5. The summed E-state index contributed by atoms with van der Waals surface area (Å²) in [6.45, 7) is 1.68. The van der Waals surface area contributed by atoms with Gasteiger partial charge in [0.2, 0.25) is 5.91 Å². The van der Waals surface area contributed by atoms with Crippen molar-refractivity contribution in [1.82, 2.24) is 20.0 Å². The second kappa shape index (κ2) is 8.22. The Hall–Kier alpha value is -2.08. The van der Waals surface area contributed by atoms with Crippen molar-refractivity contribution in [3.05, 3.63) is 35.9 Å². The lowest BCUT2D eigenvalue weighted by molar-refractivity contribution is -0.121. The predicted octanol–water partition coefficient (Wildman–Crippen LogP) is 3.04. The van der Waals surface area contributed by atoms with E-state index in [4.69, 9.17) is 0 Å². The van der Waals surface area contributed by atoms with Crippen LogP contribution in [0.3, 0.4) is 0 Å². The van der Waals surface area contributed by atoms with E-state index in [-0.39, 0.29) is 29.6 Å². The number of carbonyl (C=O) groups excluding carboxylic acids is 2. The summed E-state index contributed by atoms with van der Waals surface area (Å²) in [5, 5.41) is 2.67. The number of nitrogens with one attached hydrogen (secondary N) is 1. The third kappa shape index (κ3) is 3.59. The Balaban J connectivity index is 1.58. The molecule has 6 nitrogen and oxygen atoms in total. The number of nitrogens with zero attached hydrogens (tertiary/aromatic N) is 3. The van der Waals surface area contributed by atoms with Crippen LogP contribution in [0.25, 0.3) is 0 Å². The average Bonchev–Trinajstić information content (AvgIpc) is 2.96. The van der Waals surface area contributed by atoms with E-state index in [0.717, 1.165) is 32.2 Å². The molecule has 6 heteroatoms. The van der Waals surface area contributed by atoms with E-state index in [0.29, 0.717) is 12.5 Å². The molecule has 3 fully saturated rings. The third-order valence-electron chi connectivity index (χ3n) is 8.01. The lowest BCUT2D eigenvalue weighted by Gasteiger charge is -2.51. The molecule has 3 amide bonds. The minimum absolute atomic E-state index is 0.00586. The summed E-state index contributed by atoms with van der Waals surface area (Å²) in [4.78, 5) is 31.7. The first kappa shape index (κ1) is 21.2. The van der Waals surface area contributed by atoms with E-state index in [9.17, 15) is 9.59 Å². The first-order valence-corrected chi connectivity index (χ1v) is 11.4. The maximum atomic E-state index is 13.3. The van der Waals surface area contributed by atoms with Crippen LogP contribution in [-0.2, 0) is 10.3 Å². The molecule has 1 aliphatic heterocycles. The highest BCUT2D eigenvalue weighted by atomic mass is 16.2. The van der Waals surface area contributed by atoms with Crippen molar-refractivity contribution in [2.75, 3.05) is 40.8 Å². The molecule has 0 aromatic heterocycles. The monoisotopic (exact) mass is 412 g/mol. The molecule has 1 saturated heterocycles. The van der Waals surface area contributed by atoms with E-state index in [2.05, 4.69) is 59.5 Å². The van der Waals surface area contributed by atoms with E-state index in [1.54, 1.807) is 11.9 Å². The SMILES string of the molecule is CNC(=O)CN1C[C@]2(CC[C@@](c3ccccc3)(N(C)C)CC2)N(CC2CCC2)C1=O. The van der Waals surface area contributed by atoms with Crippen molar-refractivity contribution in [3.8, 4) is 0 Å². The Labute approximate surface area is 180 Å². The third-order valence-corrected chi connectivity index (χ3v) is 8.01. The maximum Gasteiger partial charge on any atom is 0.321 e.